The molecule has 1 atom stereocenters. The van der Waals surface area contributed by atoms with Crippen molar-refractivity contribution in [2.45, 2.75) is 12.8 Å². The maximum atomic E-state index is 11.9. The van der Waals surface area contributed by atoms with E-state index in [1.54, 1.807) is 11.9 Å². The van der Waals surface area contributed by atoms with Crippen molar-refractivity contribution in [2.24, 2.45) is 5.92 Å². The topological polar surface area (TPSA) is 64.7 Å². The van der Waals surface area contributed by atoms with Crippen LogP contribution >= 0.6 is 12.4 Å². The first-order valence-corrected chi connectivity index (χ1v) is 7.11. The van der Waals surface area contributed by atoms with Crippen LogP contribution in [0.5, 0.6) is 0 Å². The van der Waals surface area contributed by atoms with Gasteiger partial charge in [-0.1, -0.05) is 0 Å². The number of amides is 2. The predicted molar refractivity (Wildman–Crippen MR) is 79.9 cm³/mol. The third kappa shape index (κ3) is 4.92. The van der Waals surface area contributed by atoms with Gasteiger partial charge in [-0.3, -0.25) is 9.59 Å². The van der Waals surface area contributed by atoms with E-state index in [1.165, 1.54) is 0 Å². The lowest BCUT2D eigenvalue weighted by atomic mass is 10.1. The summed E-state index contributed by atoms with van der Waals surface area (Å²) in [5.74, 6) is -0.0596. The van der Waals surface area contributed by atoms with Gasteiger partial charge in [-0.2, -0.15) is 0 Å². The van der Waals surface area contributed by atoms with E-state index in [0.717, 1.165) is 39.1 Å². The molecule has 0 radical (unpaired) electrons. The van der Waals surface area contributed by atoms with E-state index < -0.39 is 0 Å². The lowest BCUT2D eigenvalue weighted by molar-refractivity contribution is -0.128. The summed E-state index contributed by atoms with van der Waals surface area (Å²) < 4.78 is 0. The molecule has 0 aliphatic carbocycles. The Balaban J connectivity index is 0.00000200. The van der Waals surface area contributed by atoms with Crippen LogP contribution in [0.2, 0.25) is 0 Å². The molecule has 2 heterocycles. The maximum absolute atomic E-state index is 11.9. The molecular formula is C13H25ClN4O2. The smallest absolute Gasteiger partial charge is 0.225 e. The molecule has 2 N–H and O–H groups in total. The molecule has 20 heavy (non-hydrogen) atoms. The molecule has 2 saturated heterocycles. The van der Waals surface area contributed by atoms with Gasteiger partial charge in [0.05, 0.1) is 5.92 Å². The molecule has 2 fully saturated rings. The quantitative estimate of drug-likeness (QED) is 0.659. The van der Waals surface area contributed by atoms with Crippen molar-refractivity contribution in [3.63, 3.8) is 0 Å². The van der Waals surface area contributed by atoms with Crippen LogP contribution in [0.4, 0.5) is 0 Å². The second-order valence-corrected chi connectivity index (χ2v) is 5.41. The molecule has 0 aromatic carbocycles. The van der Waals surface area contributed by atoms with Crippen molar-refractivity contribution in [2.75, 3.05) is 52.9 Å². The van der Waals surface area contributed by atoms with Crippen molar-refractivity contribution in [3.8, 4) is 0 Å². The molecule has 7 heteroatoms. The Morgan fingerprint density at radius 3 is 2.70 bits per heavy atom. The maximum Gasteiger partial charge on any atom is 0.225 e. The van der Waals surface area contributed by atoms with Gasteiger partial charge in [-0.25, -0.2) is 0 Å². The van der Waals surface area contributed by atoms with E-state index in [2.05, 4.69) is 15.5 Å². The largest absolute Gasteiger partial charge is 0.356 e. The summed E-state index contributed by atoms with van der Waals surface area (Å²) in [7, 11) is 1.75. The van der Waals surface area contributed by atoms with E-state index >= 15 is 0 Å². The Kier molecular flexibility index (Phi) is 7.26. The van der Waals surface area contributed by atoms with Crippen LogP contribution in [0.1, 0.15) is 12.8 Å². The second-order valence-electron chi connectivity index (χ2n) is 5.41. The van der Waals surface area contributed by atoms with Gasteiger partial charge in [0.1, 0.15) is 0 Å². The number of halogens is 1. The summed E-state index contributed by atoms with van der Waals surface area (Å²) >= 11 is 0. The van der Waals surface area contributed by atoms with E-state index in [9.17, 15) is 9.59 Å². The summed E-state index contributed by atoms with van der Waals surface area (Å²) in [6, 6.07) is 0. The fraction of sp³-hybridized carbons (Fsp3) is 0.846. The molecule has 2 aliphatic rings. The molecule has 1 unspecified atom stereocenters. The van der Waals surface area contributed by atoms with Crippen molar-refractivity contribution >= 4 is 24.2 Å². The van der Waals surface area contributed by atoms with Crippen LogP contribution < -0.4 is 10.6 Å². The fourth-order valence-electron chi connectivity index (χ4n) is 2.63. The van der Waals surface area contributed by atoms with Gasteiger partial charge in [0.15, 0.2) is 0 Å². The number of carbonyl (C=O) groups is 2. The summed E-state index contributed by atoms with van der Waals surface area (Å²) in [4.78, 5) is 27.3. The summed E-state index contributed by atoms with van der Waals surface area (Å²) in [6.45, 7) is 6.60. The third-order valence-electron chi connectivity index (χ3n) is 3.87. The van der Waals surface area contributed by atoms with Gasteiger partial charge in [-0.15, -0.1) is 12.4 Å². The number of nitrogens with zero attached hydrogens (tertiary/aromatic N) is 2. The van der Waals surface area contributed by atoms with Crippen LogP contribution in [0, 0.1) is 5.92 Å². The average Bonchev–Trinajstić information content (AvgIpc) is 2.76. The molecule has 116 valence electrons. The zero-order valence-corrected chi connectivity index (χ0v) is 12.9. The first-order valence-electron chi connectivity index (χ1n) is 7.11. The fourth-order valence-corrected chi connectivity index (χ4v) is 2.63. The summed E-state index contributed by atoms with van der Waals surface area (Å²) in [5, 5.41) is 6.27. The normalized spacial score (nSPS) is 23.6. The SMILES string of the molecule is CN1CC(C(=O)NCCCN2CCNCC2)CC1=O.Cl. The van der Waals surface area contributed by atoms with Gasteiger partial charge in [0.25, 0.3) is 0 Å². The number of likely N-dealkylation sites (tertiary alicyclic amines) is 1. The van der Waals surface area contributed by atoms with Gasteiger partial charge in [0.2, 0.25) is 11.8 Å². The molecule has 0 aromatic heterocycles. The number of rotatable bonds is 5. The van der Waals surface area contributed by atoms with Gasteiger partial charge in [0, 0.05) is 52.7 Å². The molecule has 2 amide bonds. The standard InChI is InChI=1S/C13H24N4O2.ClH/c1-16-10-11(9-12(16)18)13(19)15-3-2-6-17-7-4-14-5-8-17;/h11,14H,2-10H2,1H3,(H,15,19);1H. The minimum Gasteiger partial charge on any atom is -0.356 e. The molecule has 0 bridgehead atoms. The van der Waals surface area contributed by atoms with Gasteiger partial charge in [-0.05, 0) is 13.0 Å². The molecule has 0 aromatic rings. The van der Waals surface area contributed by atoms with Crippen LogP contribution in [0.25, 0.3) is 0 Å². The van der Waals surface area contributed by atoms with Crippen molar-refractivity contribution in [1.29, 1.82) is 0 Å². The summed E-state index contributed by atoms with van der Waals surface area (Å²) in [5.41, 5.74) is 0. The highest BCUT2D eigenvalue weighted by Gasteiger charge is 2.31. The minimum atomic E-state index is -0.156. The molecule has 0 spiro atoms. The van der Waals surface area contributed by atoms with E-state index in [0.29, 0.717) is 19.5 Å². The monoisotopic (exact) mass is 304 g/mol. The van der Waals surface area contributed by atoms with Crippen LogP contribution in [-0.2, 0) is 9.59 Å². The Hall–Kier alpha value is -0.850. The van der Waals surface area contributed by atoms with E-state index in [4.69, 9.17) is 0 Å². The zero-order valence-electron chi connectivity index (χ0n) is 12.1. The average molecular weight is 305 g/mol. The molecule has 2 rings (SSSR count). The molecule has 6 nitrogen and oxygen atoms in total. The zero-order chi connectivity index (χ0) is 13.7. The van der Waals surface area contributed by atoms with Gasteiger partial charge >= 0.3 is 0 Å². The summed E-state index contributed by atoms with van der Waals surface area (Å²) in [6.07, 6.45) is 1.34. The highest BCUT2D eigenvalue weighted by Crippen LogP contribution is 2.15. The first kappa shape index (κ1) is 17.2. The predicted octanol–water partition coefficient (Wildman–Crippen LogP) is -0.702. The second kappa shape index (κ2) is 8.44. The Labute approximate surface area is 126 Å². The lowest BCUT2D eigenvalue weighted by Crippen LogP contribution is -2.44. The number of carbonyl (C=O) groups excluding carboxylic acids is 2. The van der Waals surface area contributed by atoms with Gasteiger partial charge < -0.3 is 20.4 Å². The lowest BCUT2D eigenvalue weighted by Gasteiger charge is -2.27. The van der Waals surface area contributed by atoms with E-state index in [1.807, 2.05) is 0 Å². The van der Waals surface area contributed by atoms with Crippen LogP contribution in [0.3, 0.4) is 0 Å². The Morgan fingerprint density at radius 2 is 2.10 bits per heavy atom. The first-order chi connectivity index (χ1) is 9.16. The Bertz CT molecular complexity index is 334. The molecule has 0 saturated carbocycles. The highest BCUT2D eigenvalue weighted by molar-refractivity contribution is 5.89. The number of nitrogens with one attached hydrogen (secondary N) is 2. The number of piperazine rings is 1. The third-order valence-corrected chi connectivity index (χ3v) is 3.87. The Morgan fingerprint density at radius 1 is 1.40 bits per heavy atom. The van der Waals surface area contributed by atoms with Crippen molar-refractivity contribution in [1.82, 2.24) is 20.4 Å². The molecule has 2 aliphatic heterocycles. The highest BCUT2D eigenvalue weighted by atomic mass is 35.5. The van der Waals surface area contributed by atoms with Crippen LogP contribution in [-0.4, -0.2) is 74.5 Å². The van der Waals surface area contributed by atoms with E-state index in [-0.39, 0.29) is 30.1 Å². The minimum absolute atomic E-state index is 0. The number of hydrogen-bond acceptors (Lipinski definition) is 4. The van der Waals surface area contributed by atoms with Crippen molar-refractivity contribution in [3.05, 3.63) is 0 Å². The molecular weight excluding hydrogens is 280 g/mol. The van der Waals surface area contributed by atoms with Crippen LogP contribution in [0.15, 0.2) is 0 Å². The number of hydrogen-bond donors (Lipinski definition) is 2. The van der Waals surface area contributed by atoms with Crippen molar-refractivity contribution < 1.29 is 9.59 Å².